The molecule has 4 heteroatoms. The summed E-state index contributed by atoms with van der Waals surface area (Å²) >= 11 is 3.52. The van der Waals surface area contributed by atoms with Gasteiger partial charge in [0, 0.05) is 22.7 Å². The third kappa shape index (κ3) is 2.71. The van der Waals surface area contributed by atoms with Crippen molar-refractivity contribution in [2.24, 2.45) is 5.73 Å². The lowest BCUT2D eigenvalue weighted by molar-refractivity contribution is 0.0643. The molecule has 1 aliphatic heterocycles. The molecule has 2 N–H and O–H groups in total. The summed E-state index contributed by atoms with van der Waals surface area (Å²) in [5.41, 5.74) is 8.51. The summed E-state index contributed by atoms with van der Waals surface area (Å²) < 4.78 is 6.65. The van der Waals surface area contributed by atoms with Crippen LogP contribution in [0.25, 0.3) is 0 Å². The Balaban J connectivity index is 2.43. The number of benzene rings is 1. The molecule has 2 rings (SSSR count). The number of anilines is 1. The van der Waals surface area contributed by atoms with Gasteiger partial charge >= 0.3 is 0 Å². The molecule has 1 saturated heterocycles. The minimum Gasteiger partial charge on any atom is -0.377 e. The fraction of sp³-hybridized carbons (Fsp3) is 0.571. The SMILES string of the molecule is CC(N)c1cc(Br)ccc1N1CCOCC1(C)C. The van der Waals surface area contributed by atoms with Gasteiger partial charge in [-0.15, -0.1) is 0 Å². The Morgan fingerprint density at radius 3 is 2.78 bits per heavy atom. The van der Waals surface area contributed by atoms with Crippen molar-refractivity contribution in [1.29, 1.82) is 0 Å². The summed E-state index contributed by atoms with van der Waals surface area (Å²) in [5, 5.41) is 0. The second kappa shape index (κ2) is 5.19. The molecule has 0 radical (unpaired) electrons. The number of hydrogen-bond donors (Lipinski definition) is 1. The van der Waals surface area contributed by atoms with Gasteiger partial charge in [-0.3, -0.25) is 0 Å². The zero-order chi connectivity index (χ0) is 13.3. The van der Waals surface area contributed by atoms with Crippen molar-refractivity contribution in [1.82, 2.24) is 0 Å². The van der Waals surface area contributed by atoms with Crippen LogP contribution in [0.1, 0.15) is 32.4 Å². The smallest absolute Gasteiger partial charge is 0.0694 e. The minimum absolute atomic E-state index is 0.00964. The van der Waals surface area contributed by atoms with Gasteiger partial charge in [0.15, 0.2) is 0 Å². The van der Waals surface area contributed by atoms with Gasteiger partial charge in [0.25, 0.3) is 0 Å². The second-order valence-electron chi connectivity index (χ2n) is 5.51. The maximum Gasteiger partial charge on any atom is 0.0694 e. The molecule has 0 saturated carbocycles. The normalized spacial score (nSPS) is 20.8. The Morgan fingerprint density at radius 2 is 2.17 bits per heavy atom. The number of rotatable bonds is 2. The summed E-state index contributed by atoms with van der Waals surface area (Å²) in [6.45, 7) is 8.88. The molecular formula is C14H21BrN2O. The van der Waals surface area contributed by atoms with Gasteiger partial charge in [0.2, 0.25) is 0 Å². The van der Waals surface area contributed by atoms with Crippen molar-refractivity contribution in [2.75, 3.05) is 24.7 Å². The molecule has 1 aromatic carbocycles. The van der Waals surface area contributed by atoms with Gasteiger partial charge in [-0.05, 0) is 44.5 Å². The summed E-state index contributed by atoms with van der Waals surface area (Å²) in [6.07, 6.45) is 0. The largest absolute Gasteiger partial charge is 0.377 e. The van der Waals surface area contributed by atoms with Gasteiger partial charge in [0.05, 0.1) is 18.8 Å². The molecule has 18 heavy (non-hydrogen) atoms. The quantitative estimate of drug-likeness (QED) is 0.912. The van der Waals surface area contributed by atoms with E-state index in [1.807, 2.05) is 6.92 Å². The Morgan fingerprint density at radius 1 is 1.44 bits per heavy atom. The van der Waals surface area contributed by atoms with E-state index >= 15 is 0 Å². The van der Waals surface area contributed by atoms with Crippen LogP contribution in [0.3, 0.4) is 0 Å². The lowest BCUT2D eigenvalue weighted by Crippen LogP contribution is -2.53. The number of hydrogen-bond acceptors (Lipinski definition) is 3. The second-order valence-corrected chi connectivity index (χ2v) is 6.42. The topological polar surface area (TPSA) is 38.5 Å². The molecule has 1 aliphatic rings. The van der Waals surface area contributed by atoms with Gasteiger partial charge in [-0.2, -0.15) is 0 Å². The lowest BCUT2D eigenvalue weighted by Gasteiger charge is -2.45. The Hall–Kier alpha value is -0.580. The van der Waals surface area contributed by atoms with Crippen molar-refractivity contribution in [3.63, 3.8) is 0 Å². The first kappa shape index (κ1) is 13.8. The third-order valence-corrected chi connectivity index (χ3v) is 3.91. The Bertz CT molecular complexity index is 432. The molecule has 0 spiro atoms. The van der Waals surface area contributed by atoms with Crippen LogP contribution >= 0.6 is 15.9 Å². The van der Waals surface area contributed by atoms with Gasteiger partial charge in [0.1, 0.15) is 0 Å². The summed E-state index contributed by atoms with van der Waals surface area (Å²) in [4.78, 5) is 2.40. The van der Waals surface area contributed by atoms with Crippen molar-refractivity contribution in [3.8, 4) is 0 Å². The van der Waals surface area contributed by atoms with E-state index in [0.29, 0.717) is 0 Å². The average Bonchev–Trinajstić information content (AvgIpc) is 2.29. The van der Waals surface area contributed by atoms with Crippen molar-refractivity contribution < 1.29 is 4.74 Å². The number of halogens is 1. The minimum atomic E-state index is 0.00964. The molecule has 1 aromatic rings. The van der Waals surface area contributed by atoms with Crippen molar-refractivity contribution >= 4 is 21.6 Å². The summed E-state index contributed by atoms with van der Waals surface area (Å²) in [6, 6.07) is 6.37. The molecule has 1 heterocycles. The monoisotopic (exact) mass is 312 g/mol. The van der Waals surface area contributed by atoms with Crippen molar-refractivity contribution in [3.05, 3.63) is 28.2 Å². The standard InChI is InChI=1S/C14H21BrN2O/c1-10(16)12-8-11(15)4-5-13(12)17-6-7-18-9-14(17,2)3/h4-5,8,10H,6-7,9,16H2,1-3H3. The number of nitrogens with zero attached hydrogens (tertiary/aromatic N) is 1. The molecule has 0 aliphatic carbocycles. The van der Waals surface area contributed by atoms with Gasteiger partial charge < -0.3 is 15.4 Å². The fourth-order valence-corrected chi connectivity index (χ4v) is 2.82. The van der Waals surface area contributed by atoms with E-state index in [9.17, 15) is 0 Å². The lowest BCUT2D eigenvalue weighted by atomic mass is 9.98. The first-order valence-corrected chi connectivity index (χ1v) is 7.11. The van der Waals surface area contributed by atoms with E-state index in [0.717, 1.165) is 24.2 Å². The fourth-order valence-electron chi connectivity index (χ4n) is 2.44. The molecule has 0 aromatic heterocycles. The highest BCUT2D eigenvalue weighted by Crippen LogP contribution is 2.34. The predicted octanol–water partition coefficient (Wildman–Crippen LogP) is 3.08. The van der Waals surface area contributed by atoms with Crippen LogP contribution in [0.2, 0.25) is 0 Å². The van der Waals surface area contributed by atoms with E-state index in [-0.39, 0.29) is 11.6 Å². The van der Waals surface area contributed by atoms with E-state index in [2.05, 4.69) is 52.9 Å². The first-order chi connectivity index (χ1) is 8.42. The Kier molecular flexibility index (Phi) is 3.99. The molecule has 0 amide bonds. The van der Waals surface area contributed by atoms with E-state index < -0.39 is 0 Å². The van der Waals surface area contributed by atoms with Crippen LogP contribution in [0.4, 0.5) is 5.69 Å². The molecule has 100 valence electrons. The van der Waals surface area contributed by atoms with Crippen LogP contribution < -0.4 is 10.6 Å². The van der Waals surface area contributed by atoms with Crippen LogP contribution in [0, 0.1) is 0 Å². The summed E-state index contributed by atoms with van der Waals surface area (Å²) in [7, 11) is 0. The van der Waals surface area contributed by atoms with E-state index in [1.165, 1.54) is 11.3 Å². The maximum absolute atomic E-state index is 6.10. The maximum atomic E-state index is 6.10. The molecule has 1 unspecified atom stereocenters. The summed E-state index contributed by atoms with van der Waals surface area (Å²) in [5.74, 6) is 0. The number of nitrogens with two attached hydrogens (primary N) is 1. The number of ether oxygens (including phenoxy) is 1. The number of morpholine rings is 1. The van der Waals surface area contributed by atoms with Crippen LogP contribution in [-0.2, 0) is 4.74 Å². The average molecular weight is 313 g/mol. The van der Waals surface area contributed by atoms with Crippen LogP contribution in [0.15, 0.2) is 22.7 Å². The first-order valence-electron chi connectivity index (χ1n) is 6.32. The highest BCUT2D eigenvalue weighted by Gasteiger charge is 2.32. The molecule has 0 bridgehead atoms. The molecule has 3 nitrogen and oxygen atoms in total. The predicted molar refractivity (Wildman–Crippen MR) is 79.0 cm³/mol. The van der Waals surface area contributed by atoms with Crippen LogP contribution in [0.5, 0.6) is 0 Å². The van der Waals surface area contributed by atoms with Gasteiger partial charge in [-0.25, -0.2) is 0 Å². The van der Waals surface area contributed by atoms with Crippen LogP contribution in [-0.4, -0.2) is 25.3 Å². The third-order valence-electron chi connectivity index (χ3n) is 3.42. The highest BCUT2D eigenvalue weighted by atomic mass is 79.9. The van der Waals surface area contributed by atoms with Crippen molar-refractivity contribution in [2.45, 2.75) is 32.4 Å². The zero-order valence-corrected chi connectivity index (χ0v) is 12.8. The zero-order valence-electron chi connectivity index (χ0n) is 11.2. The molecule has 1 fully saturated rings. The molecule has 1 atom stereocenters. The highest BCUT2D eigenvalue weighted by molar-refractivity contribution is 9.10. The molecular weight excluding hydrogens is 292 g/mol. The van der Waals surface area contributed by atoms with E-state index in [1.54, 1.807) is 0 Å². The van der Waals surface area contributed by atoms with E-state index in [4.69, 9.17) is 10.5 Å². The Labute approximate surface area is 117 Å². The van der Waals surface area contributed by atoms with Gasteiger partial charge in [-0.1, -0.05) is 15.9 Å².